The molecule has 1 amide bonds. The Morgan fingerprint density at radius 2 is 1.55 bits per heavy atom. The molecule has 0 aliphatic heterocycles. The largest absolute Gasteiger partial charge is 0.497 e. The van der Waals surface area contributed by atoms with E-state index in [1.54, 1.807) is 73.8 Å². The Balaban J connectivity index is 1.73. The maximum Gasteiger partial charge on any atom is 0.352 e. The van der Waals surface area contributed by atoms with Gasteiger partial charge in [0.15, 0.2) is 0 Å². The molecule has 0 unspecified atom stereocenters. The fourth-order valence-electron chi connectivity index (χ4n) is 2.53. The molecule has 0 radical (unpaired) electrons. The molecule has 3 aromatic rings. The van der Waals surface area contributed by atoms with Gasteiger partial charge in [0.1, 0.15) is 22.9 Å². The van der Waals surface area contributed by atoms with E-state index in [4.69, 9.17) is 9.47 Å². The van der Waals surface area contributed by atoms with E-state index in [9.17, 15) is 14.7 Å². The third kappa shape index (κ3) is 5.46. The smallest absolute Gasteiger partial charge is 0.352 e. The maximum absolute atomic E-state index is 12.2. The van der Waals surface area contributed by atoms with Crippen molar-refractivity contribution in [3.8, 4) is 17.2 Å². The van der Waals surface area contributed by atoms with Gasteiger partial charge in [0.25, 0.3) is 5.91 Å². The zero-order valence-electron chi connectivity index (χ0n) is 15.7. The van der Waals surface area contributed by atoms with E-state index in [1.165, 1.54) is 6.08 Å². The molecule has 0 fully saturated rings. The molecule has 6 nitrogen and oxygen atoms in total. The average molecular weight is 389 g/mol. The Kier molecular flexibility index (Phi) is 6.27. The minimum atomic E-state index is -1.23. The summed E-state index contributed by atoms with van der Waals surface area (Å²) < 4.78 is 10.9. The number of amides is 1. The minimum absolute atomic E-state index is 0.222. The lowest BCUT2D eigenvalue weighted by atomic mass is 10.1. The van der Waals surface area contributed by atoms with Crippen molar-refractivity contribution in [2.45, 2.75) is 0 Å². The number of hydrogen-bond donors (Lipinski definition) is 2. The maximum atomic E-state index is 12.2. The van der Waals surface area contributed by atoms with Crippen LogP contribution in [0.5, 0.6) is 17.2 Å². The van der Waals surface area contributed by atoms with E-state index < -0.39 is 11.9 Å². The highest BCUT2D eigenvalue weighted by Crippen LogP contribution is 2.25. The van der Waals surface area contributed by atoms with Gasteiger partial charge >= 0.3 is 5.97 Å². The summed E-state index contributed by atoms with van der Waals surface area (Å²) in [5.41, 5.74) is 0.760. The van der Waals surface area contributed by atoms with Crippen LogP contribution in [0.4, 0.5) is 0 Å². The number of hydrogen-bond acceptors (Lipinski definition) is 4. The van der Waals surface area contributed by atoms with Crippen molar-refractivity contribution in [2.75, 3.05) is 7.11 Å². The number of rotatable bonds is 7. The van der Waals surface area contributed by atoms with Crippen LogP contribution in [0.25, 0.3) is 6.08 Å². The number of aliphatic carboxylic acids is 1. The molecule has 29 heavy (non-hydrogen) atoms. The molecule has 0 aliphatic rings. The van der Waals surface area contributed by atoms with Gasteiger partial charge in [0, 0.05) is 11.6 Å². The Bertz CT molecular complexity index is 1030. The van der Waals surface area contributed by atoms with Gasteiger partial charge in [-0.3, -0.25) is 4.79 Å². The lowest BCUT2D eigenvalue weighted by Crippen LogP contribution is -2.27. The van der Waals surface area contributed by atoms with Gasteiger partial charge in [0.05, 0.1) is 7.11 Å². The van der Waals surface area contributed by atoms with Crippen LogP contribution >= 0.6 is 0 Å². The molecule has 6 heteroatoms. The van der Waals surface area contributed by atoms with Crippen LogP contribution in [0.1, 0.15) is 15.9 Å². The first-order chi connectivity index (χ1) is 14.0. The molecule has 0 aromatic heterocycles. The minimum Gasteiger partial charge on any atom is -0.497 e. The van der Waals surface area contributed by atoms with Gasteiger partial charge in [-0.1, -0.05) is 36.4 Å². The first kappa shape index (κ1) is 19.7. The Labute approximate surface area is 168 Å². The highest BCUT2D eigenvalue weighted by atomic mass is 16.5. The first-order valence-electron chi connectivity index (χ1n) is 8.78. The van der Waals surface area contributed by atoms with Gasteiger partial charge in [-0.05, 0) is 48.0 Å². The quantitative estimate of drug-likeness (QED) is 0.587. The van der Waals surface area contributed by atoms with E-state index in [-0.39, 0.29) is 5.70 Å². The molecule has 146 valence electrons. The van der Waals surface area contributed by atoms with Crippen LogP contribution < -0.4 is 14.8 Å². The van der Waals surface area contributed by atoms with Crippen molar-refractivity contribution in [3.63, 3.8) is 0 Å². The lowest BCUT2D eigenvalue weighted by Gasteiger charge is -2.08. The standard InChI is InChI=1S/C23H19NO5/c1-28-19-8-5-9-20(15-19)29-18-12-10-16(11-13-18)14-21(23(26)27)24-22(25)17-6-3-2-4-7-17/h2-15H,1H3,(H,24,25)(H,26,27)/b21-14+. The highest BCUT2D eigenvalue weighted by Gasteiger charge is 2.13. The number of ether oxygens (including phenoxy) is 2. The normalized spacial score (nSPS) is 10.9. The molecule has 0 aliphatic carbocycles. The number of carboxylic acids is 1. The Morgan fingerprint density at radius 3 is 2.21 bits per heavy atom. The molecule has 0 spiro atoms. The molecule has 3 aromatic carbocycles. The Morgan fingerprint density at radius 1 is 0.862 bits per heavy atom. The van der Waals surface area contributed by atoms with E-state index in [0.29, 0.717) is 28.4 Å². The summed E-state index contributed by atoms with van der Waals surface area (Å²) in [7, 11) is 1.58. The van der Waals surface area contributed by atoms with E-state index in [1.807, 2.05) is 12.1 Å². The molecule has 2 N–H and O–H groups in total. The van der Waals surface area contributed by atoms with Gasteiger partial charge in [-0.15, -0.1) is 0 Å². The monoisotopic (exact) mass is 389 g/mol. The van der Waals surface area contributed by atoms with Crippen molar-refractivity contribution >= 4 is 18.0 Å². The van der Waals surface area contributed by atoms with Crippen molar-refractivity contribution in [3.05, 3.63) is 95.7 Å². The van der Waals surface area contributed by atoms with Crippen LogP contribution in [-0.2, 0) is 4.79 Å². The summed E-state index contributed by atoms with van der Waals surface area (Å²) in [4.78, 5) is 23.7. The van der Waals surface area contributed by atoms with Gasteiger partial charge < -0.3 is 19.9 Å². The van der Waals surface area contributed by atoms with E-state index in [2.05, 4.69) is 5.32 Å². The van der Waals surface area contributed by atoms with Crippen molar-refractivity contribution in [1.29, 1.82) is 0 Å². The molecule has 0 bridgehead atoms. The van der Waals surface area contributed by atoms with Crippen LogP contribution in [0.2, 0.25) is 0 Å². The number of carbonyl (C=O) groups is 2. The zero-order chi connectivity index (χ0) is 20.6. The van der Waals surface area contributed by atoms with Crippen molar-refractivity contribution < 1.29 is 24.2 Å². The fourth-order valence-corrected chi connectivity index (χ4v) is 2.53. The molecular formula is C23H19NO5. The summed E-state index contributed by atoms with van der Waals surface area (Å²) in [6.45, 7) is 0. The highest BCUT2D eigenvalue weighted by molar-refractivity contribution is 6.02. The van der Waals surface area contributed by atoms with Crippen LogP contribution in [0, 0.1) is 0 Å². The van der Waals surface area contributed by atoms with E-state index >= 15 is 0 Å². The molecule has 0 heterocycles. The number of carbonyl (C=O) groups excluding carboxylic acids is 1. The second kappa shape index (κ2) is 9.23. The third-order valence-corrected chi connectivity index (χ3v) is 3.98. The number of methoxy groups -OCH3 is 1. The summed E-state index contributed by atoms with van der Waals surface area (Å²) in [6, 6.07) is 22.4. The summed E-state index contributed by atoms with van der Waals surface area (Å²) in [5.74, 6) is 0.167. The summed E-state index contributed by atoms with van der Waals surface area (Å²) in [6.07, 6.45) is 1.39. The van der Waals surface area contributed by atoms with Crippen molar-refractivity contribution in [2.24, 2.45) is 0 Å². The number of carboxylic acid groups (broad SMARTS) is 1. The Hall–Kier alpha value is -4.06. The molecule has 0 saturated carbocycles. The average Bonchev–Trinajstić information content (AvgIpc) is 2.75. The lowest BCUT2D eigenvalue weighted by molar-refractivity contribution is -0.132. The van der Waals surface area contributed by atoms with Crippen LogP contribution in [0.15, 0.2) is 84.6 Å². The fraction of sp³-hybridized carbons (Fsp3) is 0.0435. The second-order valence-corrected chi connectivity index (χ2v) is 6.03. The number of benzene rings is 3. The predicted molar refractivity (Wildman–Crippen MR) is 109 cm³/mol. The molecular weight excluding hydrogens is 370 g/mol. The topological polar surface area (TPSA) is 84.9 Å². The third-order valence-electron chi connectivity index (χ3n) is 3.98. The van der Waals surface area contributed by atoms with Gasteiger partial charge in [0.2, 0.25) is 0 Å². The summed E-state index contributed by atoms with van der Waals surface area (Å²) >= 11 is 0. The SMILES string of the molecule is COc1cccc(Oc2ccc(/C=C(/NC(=O)c3ccccc3)C(=O)O)cc2)c1. The molecule has 0 saturated heterocycles. The van der Waals surface area contributed by atoms with Crippen LogP contribution in [-0.4, -0.2) is 24.1 Å². The molecule has 3 rings (SSSR count). The molecule has 0 atom stereocenters. The first-order valence-corrected chi connectivity index (χ1v) is 8.78. The second-order valence-electron chi connectivity index (χ2n) is 6.03. The summed E-state index contributed by atoms with van der Waals surface area (Å²) in [5, 5.41) is 11.8. The number of nitrogens with one attached hydrogen (secondary N) is 1. The van der Waals surface area contributed by atoms with Crippen molar-refractivity contribution in [1.82, 2.24) is 5.32 Å². The van der Waals surface area contributed by atoms with E-state index in [0.717, 1.165) is 0 Å². The zero-order valence-corrected chi connectivity index (χ0v) is 15.7. The van der Waals surface area contributed by atoms with Gasteiger partial charge in [-0.25, -0.2) is 4.79 Å². The predicted octanol–water partition coefficient (Wildman–Crippen LogP) is 4.34. The van der Waals surface area contributed by atoms with Crippen LogP contribution in [0.3, 0.4) is 0 Å². The van der Waals surface area contributed by atoms with Gasteiger partial charge in [-0.2, -0.15) is 0 Å².